The Morgan fingerprint density at radius 2 is 1.81 bits per heavy atom. The van der Waals surface area contributed by atoms with Crippen LogP contribution in [0, 0.1) is 0 Å². The molecule has 0 bridgehead atoms. The smallest absolute Gasteiger partial charge is 0.227 e. The maximum absolute atomic E-state index is 12.6. The van der Waals surface area contributed by atoms with Gasteiger partial charge in [-0.3, -0.25) is 4.79 Å². The van der Waals surface area contributed by atoms with Crippen molar-refractivity contribution in [2.75, 3.05) is 12.3 Å². The van der Waals surface area contributed by atoms with Gasteiger partial charge >= 0.3 is 0 Å². The van der Waals surface area contributed by atoms with E-state index in [9.17, 15) is 4.79 Å². The minimum atomic E-state index is 0.233. The van der Waals surface area contributed by atoms with E-state index in [0.717, 1.165) is 37.1 Å². The van der Waals surface area contributed by atoms with Gasteiger partial charge in [-0.15, -0.1) is 0 Å². The molecule has 0 heterocycles. The van der Waals surface area contributed by atoms with Crippen LogP contribution in [0.5, 0.6) is 0 Å². The number of carbonyl (C=O) groups excluding carboxylic acids is 1. The van der Waals surface area contributed by atoms with Crippen molar-refractivity contribution in [3.63, 3.8) is 0 Å². The van der Waals surface area contributed by atoms with Gasteiger partial charge in [0.25, 0.3) is 0 Å². The average molecular weight is 290 g/mol. The Labute approximate surface area is 129 Å². The third-order valence-electron chi connectivity index (χ3n) is 3.90. The van der Waals surface area contributed by atoms with Crippen LogP contribution in [0.4, 0.5) is 5.69 Å². The van der Waals surface area contributed by atoms with Crippen molar-refractivity contribution in [3.05, 3.63) is 29.8 Å². The molecule has 1 aromatic carbocycles. The van der Waals surface area contributed by atoms with Gasteiger partial charge in [-0.25, -0.2) is 0 Å². The molecule has 0 saturated carbocycles. The number of nitrogens with zero attached hydrogens (tertiary/aromatic N) is 1. The molecule has 1 rings (SSSR count). The van der Waals surface area contributed by atoms with Crippen LogP contribution in [0.25, 0.3) is 0 Å². The molecule has 0 spiro atoms. The summed E-state index contributed by atoms with van der Waals surface area (Å²) in [6, 6.07) is 7.94. The van der Waals surface area contributed by atoms with Crippen molar-refractivity contribution in [2.45, 2.75) is 65.3 Å². The van der Waals surface area contributed by atoms with Crippen LogP contribution in [0.2, 0.25) is 0 Å². The van der Waals surface area contributed by atoms with Crippen molar-refractivity contribution >= 4 is 11.6 Å². The number of nitrogen functional groups attached to an aromatic ring is 1. The minimum absolute atomic E-state index is 0.233. The Morgan fingerprint density at radius 3 is 2.38 bits per heavy atom. The molecule has 0 aromatic heterocycles. The molecule has 0 fully saturated rings. The molecule has 3 heteroatoms. The molecule has 0 radical (unpaired) electrons. The van der Waals surface area contributed by atoms with Gasteiger partial charge in [0.15, 0.2) is 0 Å². The highest BCUT2D eigenvalue weighted by molar-refractivity contribution is 5.79. The Kier molecular flexibility index (Phi) is 7.88. The van der Waals surface area contributed by atoms with Gasteiger partial charge in [0.05, 0.1) is 6.42 Å². The lowest BCUT2D eigenvalue weighted by atomic mass is 10.1. The summed E-state index contributed by atoms with van der Waals surface area (Å²) in [5.74, 6) is 0.233. The number of hydrogen-bond donors (Lipinski definition) is 1. The number of unbranched alkanes of at least 4 members (excludes halogenated alkanes) is 2. The van der Waals surface area contributed by atoms with Gasteiger partial charge in [0.2, 0.25) is 5.91 Å². The Hall–Kier alpha value is -1.51. The van der Waals surface area contributed by atoms with E-state index in [0.29, 0.717) is 12.5 Å². The summed E-state index contributed by atoms with van der Waals surface area (Å²) >= 11 is 0. The first kappa shape index (κ1) is 17.5. The predicted molar refractivity (Wildman–Crippen MR) is 90.2 cm³/mol. The summed E-state index contributed by atoms with van der Waals surface area (Å²) in [6.07, 6.45) is 6.12. The van der Waals surface area contributed by atoms with E-state index in [-0.39, 0.29) is 5.91 Å². The van der Waals surface area contributed by atoms with Crippen LogP contribution in [0.3, 0.4) is 0 Å². The van der Waals surface area contributed by atoms with Crippen molar-refractivity contribution in [2.24, 2.45) is 0 Å². The highest BCUT2D eigenvalue weighted by Crippen LogP contribution is 2.13. The van der Waals surface area contributed by atoms with E-state index in [1.54, 1.807) is 0 Å². The van der Waals surface area contributed by atoms with Gasteiger partial charge in [0, 0.05) is 18.3 Å². The van der Waals surface area contributed by atoms with E-state index < -0.39 is 0 Å². The first-order valence-corrected chi connectivity index (χ1v) is 8.22. The maximum atomic E-state index is 12.6. The molecule has 2 N–H and O–H groups in total. The van der Waals surface area contributed by atoms with Crippen molar-refractivity contribution in [1.82, 2.24) is 4.90 Å². The lowest BCUT2D eigenvalue weighted by molar-refractivity contribution is -0.132. The van der Waals surface area contributed by atoms with E-state index in [1.807, 2.05) is 24.3 Å². The molecule has 0 aliphatic rings. The van der Waals surface area contributed by atoms with E-state index in [2.05, 4.69) is 25.7 Å². The summed E-state index contributed by atoms with van der Waals surface area (Å²) in [5.41, 5.74) is 7.47. The zero-order valence-corrected chi connectivity index (χ0v) is 13.8. The number of hydrogen-bond acceptors (Lipinski definition) is 2. The normalized spacial score (nSPS) is 12.1. The molecular formula is C18H30N2O. The molecule has 0 aliphatic heterocycles. The second-order valence-corrected chi connectivity index (χ2v) is 5.85. The fourth-order valence-electron chi connectivity index (χ4n) is 2.61. The van der Waals surface area contributed by atoms with E-state index in [4.69, 9.17) is 5.73 Å². The Bertz CT molecular complexity index is 414. The standard InChI is InChI=1S/C18H30N2O/c1-4-6-7-13-20(15(3)8-5-2)18(21)14-16-9-11-17(19)12-10-16/h9-12,15H,4-8,13-14,19H2,1-3H3. The zero-order valence-electron chi connectivity index (χ0n) is 13.8. The second-order valence-electron chi connectivity index (χ2n) is 5.85. The van der Waals surface area contributed by atoms with Crippen LogP contribution < -0.4 is 5.73 Å². The Morgan fingerprint density at radius 1 is 1.14 bits per heavy atom. The number of amides is 1. The fourth-order valence-corrected chi connectivity index (χ4v) is 2.61. The summed E-state index contributed by atoms with van der Waals surface area (Å²) in [6.45, 7) is 7.40. The lowest BCUT2D eigenvalue weighted by Gasteiger charge is -2.29. The Balaban J connectivity index is 2.66. The third-order valence-corrected chi connectivity index (χ3v) is 3.90. The highest BCUT2D eigenvalue weighted by atomic mass is 16.2. The summed E-state index contributed by atoms with van der Waals surface area (Å²) in [4.78, 5) is 14.7. The van der Waals surface area contributed by atoms with E-state index in [1.165, 1.54) is 12.8 Å². The van der Waals surface area contributed by atoms with Gasteiger partial charge < -0.3 is 10.6 Å². The highest BCUT2D eigenvalue weighted by Gasteiger charge is 2.19. The average Bonchev–Trinajstić information content (AvgIpc) is 2.46. The number of nitrogens with two attached hydrogens (primary N) is 1. The molecule has 1 unspecified atom stereocenters. The van der Waals surface area contributed by atoms with Gasteiger partial charge in [-0.05, 0) is 37.5 Å². The van der Waals surface area contributed by atoms with Crippen LogP contribution in [-0.2, 0) is 11.2 Å². The molecule has 118 valence electrons. The number of carbonyl (C=O) groups is 1. The number of benzene rings is 1. The SMILES string of the molecule is CCCCCN(C(=O)Cc1ccc(N)cc1)C(C)CCC. The molecule has 3 nitrogen and oxygen atoms in total. The second kappa shape index (κ2) is 9.43. The van der Waals surface area contributed by atoms with Crippen LogP contribution in [0.15, 0.2) is 24.3 Å². The summed E-state index contributed by atoms with van der Waals surface area (Å²) < 4.78 is 0. The van der Waals surface area contributed by atoms with Crippen LogP contribution in [0.1, 0.15) is 58.4 Å². The van der Waals surface area contributed by atoms with Crippen molar-refractivity contribution in [1.29, 1.82) is 0 Å². The number of rotatable bonds is 9. The van der Waals surface area contributed by atoms with Gasteiger partial charge in [0.1, 0.15) is 0 Å². The molecule has 1 amide bonds. The van der Waals surface area contributed by atoms with Crippen molar-refractivity contribution < 1.29 is 4.79 Å². The van der Waals surface area contributed by atoms with Gasteiger partial charge in [-0.2, -0.15) is 0 Å². The fraction of sp³-hybridized carbons (Fsp3) is 0.611. The topological polar surface area (TPSA) is 46.3 Å². The first-order chi connectivity index (χ1) is 10.1. The molecule has 1 atom stereocenters. The largest absolute Gasteiger partial charge is 0.399 e. The molecule has 1 aromatic rings. The third kappa shape index (κ3) is 6.19. The number of anilines is 1. The van der Waals surface area contributed by atoms with Crippen LogP contribution >= 0.6 is 0 Å². The lowest BCUT2D eigenvalue weighted by Crippen LogP contribution is -2.40. The minimum Gasteiger partial charge on any atom is -0.399 e. The molecule has 21 heavy (non-hydrogen) atoms. The van der Waals surface area contributed by atoms with Crippen LogP contribution in [-0.4, -0.2) is 23.4 Å². The summed E-state index contributed by atoms with van der Waals surface area (Å²) in [7, 11) is 0. The summed E-state index contributed by atoms with van der Waals surface area (Å²) in [5, 5.41) is 0. The quantitative estimate of drug-likeness (QED) is 0.551. The molecular weight excluding hydrogens is 260 g/mol. The first-order valence-electron chi connectivity index (χ1n) is 8.22. The predicted octanol–water partition coefficient (Wildman–Crippen LogP) is 4.02. The zero-order chi connectivity index (χ0) is 15.7. The van der Waals surface area contributed by atoms with Crippen molar-refractivity contribution in [3.8, 4) is 0 Å². The maximum Gasteiger partial charge on any atom is 0.227 e. The molecule has 0 saturated heterocycles. The molecule has 0 aliphatic carbocycles. The van der Waals surface area contributed by atoms with E-state index >= 15 is 0 Å². The van der Waals surface area contributed by atoms with Gasteiger partial charge in [-0.1, -0.05) is 45.2 Å². The monoisotopic (exact) mass is 290 g/mol.